The third-order valence-electron chi connectivity index (χ3n) is 5.03. The number of anilines is 2. The van der Waals surface area contributed by atoms with Crippen LogP contribution in [-0.2, 0) is 11.2 Å². The first kappa shape index (κ1) is 19.3. The van der Waals surface area contributed by atoms with Crippen molar-refractivity contribution < 1.29 is 9.59 Å². The van der Waals surface area contributed by atoms with Crippen LogP contribution in [0.25, 0.3) is 10.2 Å². The summed E-state index contributed by atoms with van der Waals surface area (Å²) in [4.78, 5) is 39.3. The normalized spacial score (nSPS) is 14.3. The van der Waals surface area contributed by atoms with E-state index in [0.717, 1.165) is 35.5 Å². The number of hydrogen-bond acceptors (Lipinski definition) is 6. The van der Waals surface area contributed by atoms with Gasteiger partial charge >= 0.3 is 0 Å². The topological polar surface area (TPSA) is 78.4 Å². The fourth-order valence-electron chi connectivity index (χ4n) is 3.52. The molecule has 1 aromatic carbocycles. The van der Waals surface area contributed by atoms with Crippen LogP contribution in [0.2, 0.25) is 0 Å². The predicted octanol–water partition coefficient (Wildman–Crippen LogP) is 3.17. The molecular weight excluding hydrogens is 386 g/mol. The van der Waals surface area contributed by atoms with E-state index in [1.165, 1.54) is 11.8 Å². The van der Waals surface area contributed by atoms with Gasteiger partial charge in [-0.3, -0.25) is 9.59 Å². The van der Waals surface area contributed by atoms with Gasteiger partial charge in [-0.25, -0.2) is 9.97 Å². The molecule has 1 aliphatic rings. The van der Waals surface area contributed by atoms with Gasteiger partial charge in [-0.15, -0.1) is 11.3 Å². The van der Waals surface area contributed by atoms with Crippen LogP contribution in [0.15, 0.2) is 36.7 Å². The van der Waals surface area contributed by atoms with E-state index < -0.39 is 0 Å². The van der Waals surface area contributed by atoms with Crippen molar-refractivity contribution in [1.29, 1.82) is 0 Å². The molecule has 0 unspecified atom stereocenters. The van der Waals surface area contributed by atoms with Gasteiger partial charge in [-0.2, -0.15) is 0 Å². The maximum atomic E-state index is 12.8. The molecule has 2 aromatic heterocycles. The van der Waals surface area contributed by atoms with Crippen LogP contribution in [0.4, 0.5) is 11.5 Å². The fraction of sp³-hybridized carbons (Fsp3) is 0.333. The minimum atomic E-state index is -0.129. The van der Waals surface area contributed by atoms with Gasteiger partial charge in [0.05, 0.1) is 5.39 Å². The molecule has 4 rings (SSSR count). The van der Waals surface area contributed by atoms with Gasteiger partial charge in [0.1, 0.15) is 17.0 Å². The highest BCUT2D eigenvalue weighted by molar-refractivity contribution is 7.18. The Bertz CT molecular complexity index is 1040. The number of nitrogens with zero attached hydrogens (tertiary/aromatic N) is 4. The van der Waals surface area contributed by atoms with Gasteiger partial charge < -0.3 is 15.1 Å². The number of carbonyl (C=O) groups excluding carboxylic acids is 2. The van der Waals surface area contributed by atoms with E-state index in [9.17, 15) is 9.59 Å². The van der Waals surface area contributed by atoms with Crippen LogP contribution in [0.5, 0.6) is 0 Å². The van der Waals surface area contributed by atoms with Crippen LogP contribution < -0.4 is 10.2 Å². The van der Waals surface area contributed by atoms with Gasteiger partial charge in [-0.05, 0) is 36.8 Å². The lowest BCUT2D eigenvalue weighted by molar-refractivity contribution is -0.114. The summed E-state index contributed by atoms with van der Waals surface area (Å²) in [5.74, 6) is 0.837. The van der Waals surface area contributed by atoms with E-state index in [4.69, 9.17) is 0 Å². The van der Waals surface area contributed by atoms with E-state index in [1.807, 2.05) is 4.90 Å². The monoisotopic (exact) mass is 409 g/mol. The largest absolute Gasteiger partial charge is 0.352 e. The average molecular weight is 410 g/mol. The molecular formula is C21H23N5O2S. The molecule has 3 aromatic rings. The first-order valence-electron chi connectivity index (χ1n) is 9.70. The van der Waals surface area contributed by atoms with Crippen molar-refractivity contribution in [3.8, 4) is 0 Å². The Morgan fingerprint density at radius 3 is 2.48 bits per heavy atom. The summed E-state index contributed by atoms with van der Waals surface area (Å²) in [7, 11) is 0. The van der Waals surface area contributed by atoms with Crippen molar-refractivity contribution in [2.45, 2.75) is 20.3 Å². The molecule has 0 atom stereocenters. The third kappa shape index (κ3) is 4.07. The van der Waals surface area contributed by atoms with Crippen molar-refractivity contribution in [3.05, 3.63) is 47.1 Å². The molecule has 0 aliphatic carbocycles. The SMILES string of the molecule is CCc1cc2c(N3CCN(C(=O)c4ccc(NC(C)=O)cc4)CC3)ncnc2s1. The second-order valence-electron chi connectivity index (χ2n) is 7.02. The van der Waals surface area contributed by atoms with E-state index in [2.05, 4.69) is 33.2 Å². The summed E-state index contributed by atoms with van der Waals surface area (Å²) in [6.07, 6.45) is 2.62. The molecule has 1 N–H and O–H groups in total. The Labute approximate surface area is 173 Å². The number of thiophene rings is 1. The number of nitrogens with one attached hydrogen (secondary N) is 1. The Morgan fingerprint density at radius 2 is 1.83 bits per heavy atom. The molecule has 8 heteroatoms. The Hall–Kier alpha value is -3.00. The summed E-state index contributed by atoms with van der Waals surface area (Å²) in [6.45, 7) is 6.36. The molecule has 1 fully saturated rings. The second kappa shape index (κ2) is 8.16. The number of piperazine rings is 1. The van der Waals surface area contributed by atoms with Crippen LogP contribution in [0.3, 0.4) is 0 Å². The first-order valence-corrected chi connectivity index (χ1v) is 10.5. The average Bonchev–Trinajstić information content (AvgIpc) is 3.17. The standard InChI is InChI=1S/C21H23N5O2S/c1-3-17-12-18-19(22-13-23-20(18)29-17)25-8-10-26(11-9-25)21(28)15-4-6-16(7-5-15)24-14(2)27/h4-7,12-13H,3,8-11H2,1-2H3,(H,24,27). The molecule has 0 radical (unpaired) electrons. The predicted molar refractivity (Wildman–Crippen MR) is 116 cm³/mol. The lowest BCUT2D eigenvalue weighted by atomic mass is 10.1. The zero-order valence-corrected chi connectivity index (χ0v) is 17.3. The quantitative estimate of drug-likeness (QED) is 0.716. The molecule has 2 amide bonds. The molecule has 0 spiro atoms. The molecule has 1 saturated heterocycles. The van der Waals surface area contributed by atoms with E-state index in [1.54, 1.807) is 41.9 Å². The minimum absolute atomic E-state index is 0.00987. The number of amides is 2. The van der Waals surface area contributed by atoms with Crippen molar-refractivity contribution in [1.82, 2.24) is 14.9 Å². The number of fused-ring (bicyclic) bond motifs is 1. The van der Waals surface area contributed by atoms with Crippen LogP contribution in [0, 0.1) is 0 Å². The van der Waals surface area contributed by atoms with Gasteiger partial charge in [0.2, 0.25) is 5.91 Å². The molecule has 3 heterocycles. The number of hydrogen-bond donors (Lipinski definition) is 1. The Kier molecular flexibility index (Phi) is 5.44. The smallest absolute Gasteiger partial charge is 0.253 e. The summed E-state index contributed by atoms with van der Waals surface area (Å²) >= 11 is 1.71. The van der Waals surface area contributed by atoms with Crippen LogP contribution in [0.1, 0.15) is 29.1 Å². The summed E-state index contributed by atoms with van der Waals surface area (Å²) in [6, 6.07) is 9.20. The zero-order chi connectivity index (χ0) is 20.4. The van der Waals surface area contributed by atoms with Crippen LogP contribution >= 0.6 is 11.3 Å². The van der Waals surface area contributed by atoms with Crippen molar-refractivity contribution in [2.24, 2.45) is 0 Å². The van der Waals surface area contributed by atoms with Gasteiger partial charge in [-0.1, -0.05) is 6.92 Å². The minimum Gasteiger partial charge on any atom is -0.352 e. The summed E-state index contributed by atoms with van der Waals surface area (Å²) in [5.41, 5.74) is 1.32. The molecule has 0 saturated carbocycles. The Morgan fingerprint density at radius 1 is 1.10 bits per heavy atom. The van der Waals surface area contributed by atoms with E-state index >= 15 is 0 Å². The zero-order valence-electron chi connectivity index (χ0n) is 16.5. The lowest BCUT2D eigenvalue weighted by Crippen LogP contribution is -2.49. The second-order valence-corrected chi connectivity index (χ2v) is 8.14. The molecule has 29 heavy (non-hydrogen) atoms. The summed E-state index contributed by atoms with van der Waals surface area (Å²) in [5, 5.41) is 3.81. The highest BCUT2D eigenvalue weighted by Crippen LogP contribution is 2.31. The number of rotatable bonds is 4. The number of aromatic nitrogens is 2. The molecule has 1 aliphatic heterocycles. The molecule has 150 valence electrons. The molecule has 7 nitrogen and oxygen atoms in total. The van der Waals surface area contributed by atoms with Crippen molar-refractivity contribution in [3.63, 3.8) is 0 Å². The van der Waals surface area contributed by atoms with Gasteiger partial charge in [0, 0.05) is 49.2 Å². The lowest BCUT2D eigenvalue weighted by Gasteiger charge is -2.35. The van der Waals surface area contributed by atoms with Crippen molar-refractivity contribution >= 4 is 44.9 Å². The maximum Gasteiger partial charge on any atom is 0.253 e. The van der Waals surface area contributed by atoms with Gasteiger partial charge in [0.25, 0.3) is 5.91 Å². The van der Waals surface area contributed by atoms with E-state index in [-0.39, 0.29) is 11.8 Å². The molecule has 0 bridgehead atoms. The van der Waals surface area contributed by atoms with Crippen LogP contribution in [-0.4, -0.2) is 52.9 Å². The van der Waals surface area contributed by atoms with Crippen molar-refractivity contribution in [2.75, 3.05) is 36.4 Å². The number of benzene rings is 1. The van der Waals surface area contributed by atoms with Gasteiger partial charge in [0.15, 0.2) is 0 Å². The highest BCUT2D eigenvalue weighted by Gasteiger charge is 2.24. The fourth-order valence-corrected chi connectivity index (χ4v) is 4.45. The number of aryl methyl sites for hydroxylation is 1. The Balaban J connectivity index is 1.43. The van der Waals surface area contributed by atoms with E-state index in [0.29, 0.717) is 24.3 Å². The number of carbonyl (C=O) groups is 2. The maximum absolute atomic E-state index is 12.8. The summed E-state index contributed by atoms with van der Waals surface area (Å²) < 4.78 is 0. The first-order chi connectivity index (χ1) is 14.0. The highest BCUT2D eigenvalue weighted by atomic mass is 32.1. The third-order valence-corrected chi connectivity index (χ3v) is 6.21.